The van der Waals surface area contributed by atoms with Crippen molar-refractivity contribution in [1.29, 1.82) is 0 Å². The van der Waals surface area contributed by atoms with E-state index < -0.39 is 21.9 Å². The molecule has 1 N–H and O–H groups in total. The molecular formula is C22H24F3N5O2S. The van der Waals surface area contributed by atoms with E-state index in [1.165, 1.54) is 22.8 Å². The van der Waals surface area contributed by atoms with Crippen LogP contribution in [0.5, 0.6) is 0 Å². The van der Waals surface area contributed by atoms with Crippen LogP contribution in [0.1, 0.15) is 5.69 Å². The molecule has 11 heteroatoms. The highest BCUT2D eigenvalue weighted by Crippen LogP contribution is 2.34. The Labute approximate surface area is 190 Å². The summed E-state index contributed by atoms with van der Waals surface area (Å²) in [5.41, 5.74) is 0.541. The summed E-state index contributed by atoms with van der Waals surface area (Å²) in [4.78, 5) is 10.5. The molecule has 4 rings (SSSR count). The molecule has 2 aromatic heterocycles. The van der Waals surface area contributed by atoms with Crippen molar-refractivity contribution in [3.63, 3.8) is 0 Å². The van der Waals surface area contributed by atoms with Crippen LogP contribution in [0.3, 0.4) is 0 Å². The lowest BCUT2D eigenvalue weighted by molar-refractivity contribution is -0.140. The Balaban J connectivity index is 1.54. The van der Waals surface area contributed by atoms with Gasteiger partial charge in [0, 0.05) is 56.4 Å². The quantitative estimate of drug-likeness (QED) is 0.585. The van der Waals surface area contributed by atoms with Crippen molar-refractivity contribution in [2.45, 2.75) is 6.18 Å². The van der Waals surface area contributed by atoms with Gasteiger partial charge in [-0.25, -0.2) is 18.4 Å². The van der Waals surface area contributed by atoms with Gasteiger partial charge < -0.3 is 5.32 Å². The summed E-state index contributed by atoms with van der Waals surface area (Å²) in [6, 6.07) is 11.4. The van der Waals surface area contributed by atoms with Crippen LogP contribution < -0.4 is 5.32 Å². The van der Waals surface area contributed by atoms with E-state index in [4.69, 9.17) is 0 Å². The van der Waals surface area contributed by atoms with Gasteiger partial charge in [-0.1, -0.05) is 30.3 Å². The van der Waals surface area contributed by atoms with Crippen molar-refractivity contribution in [2.75, 3.05) is 50.8 Å². The topological polar surface area (TPSA) is 78.4 Å². The number of sulfonamides is 1. The van der Waals surface area contributed by atoms with E-state index in [1.807, 2.05) is 30.3 Å². The van der Waals surface area contributed by atoms with Crippen LogP contribution in [0.4, 0.5) is 19.0 Å². The van der Waals surface area contributed by atoms with Crippen molar-refractivity contribution >= 4 is 26.7 Å². The second-order valence-corrected chi connectivity index (χ2v) is 9.89. The molecule has 1 aliphatic heterocycles. The first-order chi connectivity index (χ1) is 15.6. The number of alkyl halides is 3. The molecule has 0 bridgehead atoms. The van der Waals surface area contributed by atoms with Gasteiger partial charge >= 0.3 is 6.18 Å². The van der Waals surface area contributed by atoms with E-state index in [9.17, 15) is 21.6 Å². The molecule has 0 atom stereocenters. The van der Waals surface area contributed by atoms with Crippen LogP contribution in [0, 0.1) is 0 Å². The van der Waals surface area contributed by atoms with E-state index in [2.05, 4.69) is 20.2 Å². The predicted octanol–water partition coefficient (Wildman–Crippen LogP) is 3.30. The molecule has 1 aromatic carbocycles. The molecule has 0 spiro atoms. The van der Waals surface area contributed by atoms with Gasteiger partial charge in [0.25, 0.3) is 0 Å². The van der Waals surface area contributed by atoms with Gasteiger partial charge in [-0.15, -0.1) is 0 Å². The molecule has 7 nitrogen and oxygen atoms in total. The Hall–Kier alpha value is -2.76. The summed E-state index contributed by atoms with van der Waals surface area (Å²) in [5, 5.41) is 3.71. The molecule has 33 heavy (non-hydrogen) atoms. The first-order valence-corrected chi connectivity index (χ1v) is 12.3. The third-order valence-electron chi connectivity index (χ3n) is 5.62. The largest absolute Gasteiger partial charge is 0.433 e. The minimum Gasteiger partial charge on any atom is -0.368 e. The molecule has 3 aromatic rings. The monoisotopic (exact) mass is 479 g/mol. The highest BCUT2D eigenvalue weighted by Gasteiger charge is 2.33. The van der Waals surface area contributed by atoms with Crippen LogP contribution in [0.25, 0.3) is 22.0 Å². The fourth-order valence-electron chi connectivity index (χ4n) is 3.86. The average molecular weight is 480 g/mol. The lowest BCUT2D eigenvalue weighted by Crippen LogP contribution is -2.49. The maximum Gasteiger partial charge on any atom is 0.433 e. The van der Waals surface area contributed by atoms with Crippen molar-refractivity contribution < 1.29 is 21.6 Å². The number of nitrogens with zero attached hydrogens (tertiary/aromatic N) is 4. The third kappa shape index (κ3) is 5.43. The number of anilines is 1. The molecule has 0 saturated carbocycles. The highest BCUT2D eigenvalue weighted by atomic mass is 32.2. The number of nitrogens with one attached hydrogen (secondary N) is 1. The first-order valence-electron chi connectivity index (χ1n) is 10.5. The SMILES string of the molecule is CS(=O)(=O)N1CCN(CCNc2ncc(-c3ccccc3)c3nc(C(F)(F)F)ccc23)CC1. The van der Waals surface area contributed by atoms with Gasteiger partial charge in [0.05, 0.1) is 11.8 Å². The summed E-state index contributed by atoms with van der Waals surface area (Å²) in [7, 11) is -3.18. The number of halogens is 3. The van der Waals surface area contributed by atoms with E-state index in [1.54, 1.807) is 0 Å². The lowest BCUT2D eigenvalue weighted by Gasteiger charge is -2.33. The number of hydrogen-bond acceptors (Lipinski definition) is 6. The van der Waals surface area contributed by atoms with Crippen molar-refractivity contribution in [2.24, 2.45) is 0 Å². The number of hydrogen-bond donors (Lipinski definition) is 1. The van der Waals surface area contributed by atoms with Gasteiger partial charge in [-0.3, -0.25) is 4.90 Å². The molecule has 1 saturated heterocycles. The Morgan fingerprint density at radius 1 is 1.03 bits per heavy atom. The van der Waals surface area contributed by atoms with E-state index in [0.717, 1.165) is 11.6 Å². The summed E-state index contributed by atoms with van der Waals surface area (Å²) in [5.74, 6) is 0.459. The van der Waals surface area contributed by atoms with Crippen LogP contribution >= 0.6 is 0 Å². The normalized spacial score (nSPS) is 16.2. The minimum atomic E-state index is -4.55. The molecule has 1 fully saturated rings. The summed E-state index contributed by atoms with van der Waals surface area (Å²) in [6.45, 7) is 3.27. The van der Waals surface area contributed by atoms with Gasteiger partial charge in [-0.05, 0) is 17.7 Å². The number of aromatic nitrogens is 2. The number of pyridine rings is 2. The molecular weight excluding hydrogens is 455 g/mol. The smallest absolute Gasteiger partial charge is 0.368 e. The number of rotatable bonds is 6. The third-order valence-corrected chi connectivity index (χ3v) is 6.93. The molecule has 1 aliphatic rings. The van der Waals surface area contributed by atoms with E-state index >= 15 is 0 Å². The average Bonchev–Trinajstić information content (AvgIpc) is 2.78. The number of piperazine rings is 1. The second kappa shape index (κ2) is 9.24. The predicted molar refractivity (Wildman–Crippen MR) is 121 cm³/mol. The molecule has 0 amide bonds. The molecule has 0 radical (unpaired) electrons. The Kier molecular flexibility index (Phi) is 6.55. The van der Waals surface area contributed by atoms with Gasteiger partial charge in [0.2, 0.25) is 10.0 Å². The van der Waals surface area contributed by atoms with Crippen molar-refractivity contribution in [3.8, 4) is 11.1 Å². The molecule has 176 valence electrons. The Morgan fingerprint density at radius 3 is 2.36 bits per heavy atom. The van der Waals surface area contributed by atoms with Crippen LogP contribution in [0.2, 0.25) is 0 Å². The van der Waals surface area contributed by atoms with Crippen LogP contribution in [-0.4, -0.2) is 73.1 Å². The van der Waals surface area contributed by atoms with Gasteiger partial charge in [-0.2, -0.15) is 17.5 Å². The number of benzene rings is 1. The zero-order valence-electron chi connectivity index (χ0n) is 18.0. The zero-order valence-corrected chi connectivity index (χ0v) is 18.8. The van der Waals surface area contributed by atoms with Crippen molar-refractivity contribution in [3.05, 3.63) is 54.4 Å². The second-order valence-electron chi connectivity index (χ2n) is 7.91. The Bertz CT molecular complexity index is 1230. The van der Waals surface area contributed by atoms with E-state index in [-0.39, 0.29) is 5.52 Å². The van der Waals surface area contributed by atoms with Crippen LogP contribution in [0.15, 0.2) is 48.7 Å². The summed E-state index contributed by atoms with van der Waals surface area (Å²) < 4.78 is 64.7. The lowest BCUT2D eigenvalue weighted by atomic mass is 10.0. The first kappa shape index (κ1) is 23.4. The van der Waals surface area contributed by atoms with Crippen molar-refractivity contribution in [1.82, 2.24) is 19.2 Å². The molecule has 0 aliphatic carbocycles. The fourth-order valence-corrected chi connectivity index (χ4v) is 4.69. The highest BCUT2D eigenvalue weighted by molar-refractivity contribution is 7.88. The van der Waals surface area contributed by atoms with Gasteiger partial charge in [0.1, 0.15) is 11.5 Å². The van der Waals surface area contributed by atoms with Gasteiger partial charge in [0.15, 0.2) is 0 Å². The standard InChI is InChI=1S/C22H24F3N5O2S/c1-33(31,32)30-13-11-29(12-14-30)10-9-26-21-17-7-8-19(22(23,24)25)28-20(17)18(15-27-21)16-5-3-2-4-6-16/h2-8,15H,9-14H2,1H3,(H,26,27). The zero-order chi connectivity index (χ0) is 23.6. The number of fused-ring (bicyclic) bond motifs is 1. The molecule has 3 heterocycles. The summed E-state index contributed by atoms with van der Waals surface area (Å²) in [6.07, 6.45) is -1.80. The minimum absolute atomic E-state index is 0.232. The fraction of sp³-hybridized carbons (Fsp3) is 0.364. The Morgan fingerprint density at radius 2 is 1.73 bits per heavy atom. The maximum absolute atomic E-state index is 13.3. The summed E-state index contributed by atoms with van der Waals surface area (Å²) >= 11 is 0. The van der Waals surface area contributed by atoms with E-state index in [0.29, 0.717) is 56.0 Å². The van der Waals surface area contributed by atoms with Crippen LogP contribution in [-0.2, 0) is 16.2 Å². The molecule has 0 unspecified atom stereocenters. The maximum atomic E-state index is 13.3.